The summed E-state index contributed by atoms with van der Waals surface area (Å²) in [4.78, 5) is 6.50. The van der Waals surface area contributed by atoms with Crippen molar-refractivity contribution in [1.29, 1.82) is 0 Å². The average molecular weight is 195 g/mol. The molecule has 0 aliphatic carbocycles. The zero-order chi connectivity index (χ0) is 9.07. The molecule has 4 nitrogen and oxygen atoms in total. The van der Waals surface area contributed by atoms with E-state index >= 15 is 0 Å². The number of sulfone groups is 1. The van der Waals surface area contributed by atoms with Gasteiger partial charge in [-0.05, 0) is 6.72 Å². The molecule has 0 aromatic carbocycles. The van der Waals surface area contributed by atoms with Crippen LogP contribution < -0.4 is 0 Å². The van der Waals surface area contributed by atoms with Gasteiger partial charge in [-0.2, -0.15) is 0 Å². The van der Waals surface area contributed by atoms with Gasteiger partial charge in [0.15, 0.2) is 0 Å². The first-order valence-corrected chi connectivity index (χ1v) is 4.74. The van der Waals surface area contributed by atoms with Crippen LogP contribution in [0.15, 0.2) is 21.7 Å². The van der Waals surface area contributed by atoms with E-state index in [0.29, 0.717) is 0 Å². The molecule has 0 saturated heterocycles. The van der Waals surface area contributed by atoms with E-state index in [9.17, 15) is 8.42 Å². The molecule has 6 heteroatoms. The second kappa shape index (κ2) is 3.64. The summed E-state index contributed by atoms with van der Waals surface area (Å²) in [5.41, 5.74) is 0. The Kier molecular flexibility index (Phi) is 3.41. The molecule has 0 heterocycles. The van der Waals surface area contributed by atoms with Crippen LogP contribution >= 0.6 is 11.6 Å². The first kappa shape index (κ1) is 10.3. The fourth-order valence-corrected chi connectivity index (χ4v) is 0.980. The highest BCUT2D eigenvalue weighted by Gasteiger charge is 2.10. The van der Waals surface area contributed by atoms with Crippen molar-refractivity contribution >= 4 is 33.3 Å². The number of rotatable bonds is 1. The lowest BCUT2D eigenvalue weighted by Crippen LogP contribution is -2.09. The van der Waals surface area contributed by atoms with Gasteiger partial charge < -0.3 is 0 Å². The molecule has 0 fully saturated rings. The SMILES string of the molecule is C=NC(=NC(=C)Cl)S(C)(=O)=O. The smallest absolute Gasteiger partial charge is 0.235 e. The molecule has 0 aromatic rings. The number of amidine groups is 1. The van der Waals surface area contributed by atoms with Gasteiger partial charge in [-0.3, -0.25) is 0 Å². The summed E-state index contributed by atoms with van der Waals surface area (Å²) in [6, 6.07) is 0. The summed E-state index contributed by atoms with van der Waals surface area (Å²) in [5.74, 6) is 0. The summed E-state index contributed by atoms with van der Waals surface area (Å²) < 4.78 is 21.5. The van der Waals surface area contributed by atoms with E-state index in [0.717, 1.165) is 6.26 Å². The van der Waals surface area contributed by atoms with E-state index in [1.165, 1.54) is 0 Å². The lowest BCUT2D eigenvalue weighted by molar-refractivity contribution is 0.612. The van der Waals surface area contributed by atoms with Crippen LogP contribution in [0.1, 0.15) is 0 Å². The van der Waals surface area contributed by atoms with Gasteiger partial charge in [0.1, 0.15) is 5.16 Å². The van der Waals surface area contributed by atoms with Gasteiger partial charge in [-0.15, -0.1) is 0 Å². The van der Waals surface area contributed by atoms with Gasteiger partial charge in [0.25, 0.3) is 0 Å². The van der Waals surface area contributed by atoms with Crippen LogP contribution in [0.3, 0.4) is 0 Å². The van der Waals surface area contributed by atoms with Crippen molar-refractivity contribution < 1.29 is 8.42 Å². The maximum atomic E-state index is 10.7. The van der Waals surface area contributed by atoms with Crippen LogP contribution in [-0.4, -0.2) is 26.6 Å². The Morgan fingerprint density at radius 1 is 1.55 bits per heavy atom. The van der Waals surface area contributed by atoms with Crippen LogP contribution in [0.4, 0.5) is 0 Å². The number of aliphatic imine (C=N–C) groups is 2. The van der Waals surface area contributed by atoms with Crippen molar-refractivity contribution in [1.82, 2.24) is 0 Å². The molecule has 0 spiro atoms. The molecular weight excluding hydrogens is 188 g/mol. The second-order valence-corrected chi connectivity index (χ2v) is 4.05. The van der Waals surface area contributed by atoms with Crippen LogP contribution in [0.5, 0.6) is 0 Å². The van der Waals surface area contributed by atoms with E-state index < -0.39 is 15.0 Å². The number of halogens is 1. The Morgan fingerprint density at radius 2 is 2.00 bits per heavy atom. The van der Waals surface area contributed by atoms with Crippen molar-refractivity contribution in [2.75, 3.05) is 6.26 Å². The summed E-state index contributed by atoms with van der Waals surface area (Å²) >= 11 is 5.22. The zero-order valence-electron chi connectivity index (χ0n) is 5.91. The van der Waals surface area contributed by atoms with Crippen molar-refractivity contribution in [3.05, 3.63) is 11.7 Å². The van der Waals surface area contributed by atoms with Crippen LogP contribution in [0.25, 0.3) is 0 Å². The molecule has 0 bridgehead atoms. The van der Waals surface area contributed by atoms with Crippen LogP contribution in [-0.2, 0) is 9.84 Å². The topological polar surface area (TPSA) is 58.9 Å². The van der Waals surface area contributed by atoms with E-state index in [1.807, 2.05) is 0 Å². The number of nitrogens with zero attached hydrogens (tertiary/aromatic N) is 2. The minimum Gasteiger partial charge on any atom is -0.235 e. The predicted octanol–water partition coefficient (Wildman–Crippen LogP) is 0.798. The van der Waals surface area contributed by atoms with Crippen molar-refractivity contribution in [2.45, 2.75) is 0 Å². The molecule has 0 aromatic heterocycles. The summed E-state index contributed by atoms with van der Waals surface area (Å²) in [6.45, 7) is 6.20. The quantitative estimate of drug-likeness (QED) is 0.352. The number of hydrogen-bond donors (Lipinski definition) is 0. The van der Waals surface area contributed by atoms with Gasteiger partial charge in [-0.25, -0.2) is 18.4 Å². The Labute approximate surface area is 70.2 Å². The fraction of sp³-hybridized carbons (Fsp3) is 0.200. The van der Waals surface area contributed by atoms with Gasteiger partial charge >= 0.3 is 0 Å². The highest BCUT2D eigenvalue weighted by atomic mass is 35.5. The zero-order valence-corrected chi connectivity index (χ0v) is 7.48. The average Bonchev–Trinajstić information content (AvgIpc) is 1.79. The minimum atomic E-state index is -3.43. The maximum absolute atomic E-state index is 10.7. The van der Waals surface area contributed by atoms with Crippen molar-refractivity contribution in [3.63, 3.8) is 0 Å². The first-order chi connectivity index (χ1) is 4.88. The molecule has 11 heavy (non-hydrogen) atoms. The molecule has 0 rings (SSSR count). The molecular formula is C5H7ClN2O2S. The minimum absolute atomic E-state index is 0.141. The van der Waals surface area contributed by atoms with Crippen LogP contribution in [0.2, 0.25) is 0 Å². The molecule has 0 aliphatic heterocycles. The highest BCUT2D eigenvalue weighted by Crippen LogP contribution is 2.02. The number of hydrogen-bond acceptors (Lipinski definition) is 3. The third-order valence-corrected chi connectivity index (χ3v) is 1.65. The Balaban J connectivity index is 5.00. The molecule has 0 radical (unpaired) electrons. The third-order valence-electron chi connectivity index (χ3n) is 0.684. The van der Waals surface area contributed by atoms with Crippen LogP contribution in [0, 0.1) is 0 Å². The fourth-order valence-electron chi connectivity index (χ4n) is 0.339. The van der Waals surface area contributed by atoms with Gasteiger partial charge in [0, 0.05) is 6.26 Å². The summed E-state index contributed by atoms with van der Waals surface area (Å²) in [6.07, 6.45) is 0.959. The van der Waals surface area contributed by atoms with E-state index in [-0.39, 0.29) is 5.16 Å². The monoisotopic (exact) mass is 194 g/mol. The summed E-state index contributed by atoms with van der Waals surface area (Å²) in [7, 11) is -3.43. The second-order valence-electron chi connectivity index (χ2n) is 1.70. The molecule has 62 valence electrons. The van der Waals surface area contributed by atoms with Crippen molar-refractivity contribution in [3.8, 4) is 0 Å². The lowest BCUT2D eigenvalue weighted by atomic mass is 11.0. The maximum Gasteiger partial charge on any atom is 0.247 e. The lowest BCUT2D eigenvalue weighted by Gasteiger charge is -1.93. The molecule has 0 amide bonds. The van der Waals surface area contributed by atoms with Gasteiger partial charge in [0.2, 0.25) is 15.0 Å². The molecule has 0 aliphatic rings. The van der Waals surface area contributed by atoms with Crippen molar-refractivity contribution in [2.24, 2.45) is 9.98 Å². The molecule has 0 atom stereocenters. The van der Waals surface area contributed by atoms with E-state index in [4.69, 9.17) is 11.6 Å². The van der Waals surface area contributed by atoms with Gasteiger partial charge in [0.05, 0.1) is 0 Å². The highest BCUT2D eigenvalue weighted by molar-refractivity contribution is 8.05. The Morgan fingerprint density at radius 3 is 2.09 bits per heavy atom. The van der Waals surface area contributed by atoms with E-state index in [2.05, 4.69) is 23.3 Å². The summed E-state index contributed by atoms with van der Waals surface area (Å²) in [5, 5.41) is -0.560. The Bertz CT molecular complexity index is 304. The molecule has 0 unspecified atom stereocenters. The largest absolute Gasteiger partial charge is 0.247 e. The van der Waals surface area contributed by atoms with E-state index in [1.54, 1.807) is 0 Å². The predicted molar refractivity (Wildman–Crippen MR) is 46.8 cm³/mol. The van der Waals surface area contributed by atoms with Gasteiger partial charge in [-0.1, -0.05) is 18.2 Å². The Hall–Kier alpha value is -0.680. The molecule has 0 saturated carbocycles. The standard InChI is InChI=1S/C5H7ClN2O2S/c1-4(6)8-5(7-2)11(3,9)10/h1-2H2,3H3. The first-order valence-electron chi connectivity index (χ1n) is 2.48. The third kappa shape index (κ3) is 3.90. The normalized spacial score (nSPS) is 12.7. The molecule has 0 N–H and O–H groups in total.